The summed E-state index contributed by atoms with van der Waals surface area (Å²) in [7, 11) is 0. The van der Waals surface area contributed by atoms with Gasteiger partial charge in [-0.2, -0.15) is 0 Å². The molecule has 2 heterocycles. The first-order valence-electron chi connectivity index (χ1n) is 7.33. The summed E-state index contributed by atoms with van der Waals surface area (Å²) in [5, 5.41) is 4.95. The van der Waals surface area contributed by atoms with Crippen molar-refractivity contribution in [2.45, 2.75) is 17.2 Å². The Labute approximate surface area is 157 Å². The number of hydrogen-bond acceptors (Lipinski definition) is 4. The van der Waals surface area contributed by atoms with E-state index in [2.05, 4.69) is 32.3 Å². The molecule has 3 nitrogen and oxygen atoms in total. The average molecular weight is 419 g/mol. The van der Waals surface area contributed by atoms with Gasteiger partial charge in [0, 0.05) is 43.3 Å². The second kappa shape index (κ2) is 8.46. The average Bonchev–Trinajstić information content (AvgIpc) is 3.04. The largest absolute Gasteiger partial charge is 0.347 e. The lowest BCUT2D eigenvalue weighted by molar-refractivity contribution is 0.0951. The molecule has 1 N–H and O–H groups in total. The van der Waals surface area contributed by atoms with Crippen LogP contribution in [-0.2, 0) is 12.3 Å². The number of benzene rings is 1. The predicted octanol–water partition coefficient (Wildman–Crippen LogP) is 5.13. The molecule has 0 saturated carbocycles. The fraction of sp³-hybridized carbons (Fsp3) is 0.111. The molecule has 3 aromatic rings. The molecule has 0 fully saturated rings. The summed E-state index contributed by atoms with van der Waals surface area (Å²) >= 11 is 6.77. The summed E-state index contributed by atoms with van der Waals surface area (Å²) < 4.78 is 1.05. The van der Waals surface area contributed by atoms with Gasteiger partial charge in [-0.05, 0) is 57.9 Å². The number of thiophene rings is 1. The third kappa shape index (κ3) is 4.93. The highest BCUT2D eigenvalue weighted by atomic mass is 79.9. The van der Waals surface area contributed by atoms with Crippen LogP contribution in [-0.4, -0.2) is 10.9 Å². The number of nitrogens with one attached hydrogen (secondary N) is 1. The molecular weight excluding hydrogens is 404 g/mol. The van der Waals surface area contributed by atoms with E-state index in [0.717, 1.165) is 20.0 Å². The van der Waals surface area contributed by atoms with Crippen molar-refractivity contribution in [1.29, 1.82) is 0 Å². The minimum absolute atomic E-state index is 0.0525. The molecule has 0 unspecified atom stereocenters. The Morgan fingerprint density at radius 2 is 2.08 bits per heavy atom. The molecular formula is C18H15BrN2OS2. The van der Waals surface area contributed by atoms with Crippen molar-refractivity contribution in [3.8, 4) is 0 Å². The molecule has 6 heteroatoms. The number of hydrogen-bond donors (Lipinski definition) is 1. The first-order chi connectivity index (χ1) is 11.7. The van der Waals surface area contributed by atoms with Gasteiger partial charge in [0.25, 0.3) is 5.91 Å². The Kier molecular flexibility index (Phi) is 6.07. The van der Waals surface area contributed by atoms with E-state index in [-0.39, 0.29) is 5.91 Å². The topological polar surface area (TPSA) is 42.0 Å². The second-order valence-electron chi connectivity index (χ2n) is 5.09. The van der Waals surface area contributed by atoms with E-state index < -0.39 is 0 Å². The zero-order chi connectivity index (χ0) is 16.8. The maximum Gasteiger partial charge on any atom is 0.251 e. The molecule has 2 aromatic heterocycles. The van der Waals surface area contributed by atoms with E-state index in [1.54, 1.807) is 29.3 Å². The quantitative estimate of drug-likeness (QED) is 0.564. The van der Waals surface area contributed by atoms with Crippen LogP contribution in [0.2, 0.25) is 0 Å². The van der Waals surface area contributed by atoms with Crippen molar-refractivity contribution in [3.05, 3.63) is 80.7 Å². The number of carbonyl (C=O) groups is 1. The zero-order valence-corrected chi connectivity index (χ0v) is 16.0. The predicted molar refractivity (Wildman–Crippen MR) is 103 cm³/mol. The van der Waals surface area contributed by atoms with E-state index in [9.17, 15) is 4.79 Å². The fourth-order valence-electron chi connectivity index (χ4n) is 2.07. The van der Waals surface area contributed by atoms with Crippen molar-refractivity contribution in [2.24, 2.45) is 0 Å². The number of aromatic nitrogens is 1. The van der Waals surface area contributed by atoms with Crippen molar-refractivity contribution < 1.29 is 4.79 Å². The molecule has 122 valence electrons. The second-order valence-corrected chi connectivity index (χ2v) is 8.05. The molecule has 1 amide bonds. The first-order valence-corrected chi connectivity index (χ1v) is 9.99. The van der Waals surface area contributed by atoms with Gasteiger partial charge in [-0.15, -0.1) is 23.1 Å². The Morgan fingerprint density at radius 1 is 1.25 bits per heavy atom. The van der Waals surface area contributed by atoms with Crippen LogP contribution in [0.25, 0.3) is 0 Å². The number of nitrogens with zero attached hydrogens (tertiary/aromatic N) is 1. The summed E-state index contributed by atoms with van der Waals surface area (Å²) in [5.74, 6) is 0.815. The molecule has 1 aromatic carbocycles. The third-order valence-electron chi connectivity index (χ3n) is 3.29. The van der Waals surface area contributed by atoms with Crippen molar-refractivity contribution >= 4 is 44.9 Å². The molecule has 0 aliphatic heterocycles. The van der Waals surface area contributed by atoms with E-state index in [1.807, 2.05) is 48.0 Å². The zero-order valence-electron chi connectivity index (χ0n) is 12.7. The number of thioether (sulfide) groups is 1. The van der Waals surface area contributed by atoms with Crippen LogP contribution in [0.3, 0.4) is 0 Å². The molecule has 0 atom stereocenters. The van der Waals surface area contributed by atoms with Gasteiger partial charge in [-0.25, -0.2) is 0 Å². The van der Waals surface area contributed by atoms with Gasteiger partial charge in [0.05, 0.1) is 6.54 Å². The summed E-state index contributed by atoms with van der Waals surface area (Å²) in [6, 6.07) is 13.7. The van der Waals surface area contributed by atoms with E-state index in [4.69, 9.17) is 0 Å². The van der Waals surface area contributed by atoms with Gasteiger partial charge in [0.2, 0.25) is 0 Å². The van der Waals surface area contributed by atoms with Crippen LogP contribution in [0.4, 0.5) is 0 Å². The number of halogens is 1. The van der Waals surface area contributed by atoms with Crippen LogP contribution >= 0.6 is 39.0 Å². The highest BCUT2D eigenvalue weighted by Gasteiger charge is 2.06. The van der Waals surface area contributed by atoms with Crippen molar-refractivity contribution in [1.82, 2.24) is 10.3 Å². The van der Waals surface area contributed by atoms with Gasteiger partial charge in [-0.1, -0.05) is 6.07 Å². The molecule has 0 aliphatic carbocycles. The maximum absolute atomic E-state index is 12.2. The van der Waals surface area contributed by atoms with Crippen molar-refractivity contribution in [3.63, 3.8) is 0 Å². The van der Waals surface area contributed by atoms with Gasteiger partial charge in [0.1, 0.15) is 0 Å². The minimum Gasteiger partial charge on any atom is -0.347 e. The van der Waals surface area contributed by atoms with Gasteiger partial charge < -0.3 is 5.32 Å². The normalized spacial score (nSPS) is 10.5. The highest BCUT2D eigenvalue weighted by molar-refractivity contribution is 9.10. The van der Waals surface area contributed by atoms with Crippen molar-refractivity contribution in [2.75, 3.05) is 0 Å². The molecule has 0 bridgehead atoms. The molecule has 0 saturated heterocycles. The van der Waals surface area contributed by atoms with E-state index in [1.165, 1.54) is 5.56 Å². The molecule has 0 radical (unpaired) electrons. The summed E-state index contributed by atoms with van der Waals surface area (Å²) in [6.07, 6.45) is 3.65. The Bertz CT molecular complexity index is 803. The number of amides is 1. The van der Waals surface area contributed by atoms with Crippen LogP contribution in [0.15, 0.2) is 69.6 Å². The summed E-state index contributed by atoms with van der Waals surface area (Å²) in [6.45, 7) is 0.548. The van der Waals surface area contributed by atoms with Crippen LogP contribution < -0.4 is 5.32 Å². The molecule has 24 heavy (non-hydrogen) atoms. The standard InChI is InChI=1S/C18H15BrN2OS2/c19-15-8-17(24-12-15)10-21-18(22)14-3-5-16(6-4-14)23-11-13-2-1-7-20-9-13/h1-9,12H,10-11H2,(H,21,22). The highest BCUT2D eigenvalue weighted by Crippen LogP contribution is 2.23. The van der Waals surface area contributed by atoms with Gasteiger partial charge in [-0.3, -0.25) is 9.78 Å². The molecule has 3 rings (SSSR count). The van der Waals surface area contributed by atoms with Crippen LogP contribution in [0.5, 0.6) is 0 Å². The van der Waals surface area contributed by atoms with E-state index >= 15 is 0 Å². The molecule has 0 spiro atoms. The number of rotatable bonds is 6. The Hall–Kier alpha value is -1.63. The summed E-state index contributed by atoms with van der Waals surface area (Å²) in [4.78, 5) is 18.6. The lowest BCUT2D eigenvalue weighted by Crippen LogP contribution is -2.22. The fourth-order valence-corrected chi connectivity index (χ4v) is 4.29. The summed E-state index contributed by atoms with van der Waals surface area (Å²) in [5.41, 5.74) is 1.86. The SMILES string of the molecule is O=C(NCc1cc(Br)cs1)c1ccc(SCc2cccnc2)cc1. The Balaban J connectivity index is 1.52. The number of pyridine rings is 1. The smallest absolute Gasteiger partial charge is 0.251 e. The minimum atomic E-state index is -0.0525. The maximum atomic E-state index is 12.2. The van der Waals surface area contributed by atoms with E-state index in [0.29, 0.717) is 12.1 Å². The monoisotopic (exact) mass is 418 g/mol. The Morgan fingerprint density at radius 3 is 2.75 bits per heavy atom. The van der Waals surface area contributed by atoms with Gasteiger partial charge >= 0.3 is 0 Å². The van der Waals surface area contributed by atoms with Crippen LogP contribution in [0, 0.1) is 0 Å². The first kappa shape index (κ1) is 17.2. The lowest BCUT2D eigenvalue weighted by Gasteiger charge is -2.05. The van der Waals surface area contributed by atoms with Crippen LogP contribution in [0.1, 0.15) is 20.8 Å². The molecule has 0 aliphatic rings. The lowest BCUT2D eigenvalue weighted by atomic mass is 10.2. The van der Waals surface area contributed by atoms with Gasteiger partial charge in [0.15, 0.2) is 0 Å². The third-order valence-corrected chi connectivity index (χ3v) is 6.07. The number of carbonyl (C=O) groups excluding carboxylic acids is 1.